The number of halogens is 1. The van der Waals surface area contributed by atoms with Gasteiger partial charge in [0.2, 0.25) is 0 Å². The maximum Gasteiger partial charge on any atom is 0.273 e. The second-order valence-corrected chi connectivity index (χ2v) is 9.47. The minimum Gasteiger partial charge on any atom is -0.322 e. The molecule has 0 bridgehead atoms. The number of rotatable bonds is 5. The quantitative estimate of drug-likeness (QED) is 0.617. The SMILES string of the molecule is CN(c1ccc(C(=O)Nc2ccc(Br)cc2)cc1)S(=O)(=O)c1cccs1. The second-order valence-electron chi connectivity index (χ2n) is 5.41. The predicted molar refractivity (Wildman–Crippen MR) is 108 cm³/mol. The predicted octanol–water partition coefficient (Wildman–Crippen LogP) is 4.59. The number of thiophene rings is 1. The third-order valence-electron chi connectivity index (χ3n) is 3.71. The molecular weight excluding hydrogens is 436 g/mol. The molecule has 0 radical (unpaired) electrons. The molecule has 0 aliphatic heterocycles. The highest BCUT2D eigenvalue weighted by molar-refractivity contribution is 9.10. The zero-order chi connectivity index (χ0) is 18.7. The summed E-state index contributed by atoms with van der Waals surface area (Å²) in [4.78, 5) is 12.3. The lowest BCUT2D eigenvalue weighted by molar-refractivity contribution is 0.102. The van der Waals surface area contributed by atoms with Gasteiger partial charge in [-0.15, -0.1) is 11.3 Å². The van der Waals surface area contributed by atoms with Gasteiger partial charge < -0.3 is 5.32 Å². The fraction of sp³-hybridized carbons (Fsp3) is 0.0556. The van der Waals surface area contributed by atoms with Crippen molar-refractivity contribution in [1.29, 1.82) is 0 Å². The van der Waals surface area contributed by atoms with Crippen molar-refractivity contribution in [1.82, 2.24) is 0 Å². The van der Waals surface area contributed by atoms with Crippen molar-refractivity contribution in [2.75, 3.05) is 16.7 Å². The van der Waals surface area contributed by atoms with Crippen LogP contribution in [-0.4, -0.2) is 21.4 Å². The van der Waals surface area contributed by atoms with Crippen molar-refractivity contribution < 1.29 is 13.2 Å². The van der Waals surface area contributed by atoms with Crippen molar-refractivity contribution in [3.05, 3.63) is 76.1 Å². The Morgan fingerprint density at radius 2 is 1.69 bits per heavy atom. The molecule has 0 atom stereocenters. The van der Waals surface area contributed by atoms with Crippen LogP contribution in [-0.2, 0) is 10.0 Å². The van der Waals surface area contributed by atoms with Crippen LogP contribution in [0.4, 0.5) is 11.4 Å². The van der Waals surface area contributed by atoms with E-state index in [0.717, 1.165) is 4.47 Å². The van der Waals surface area contributed by atoms with E-state index in [9.17, 15) is 13.2 Å². The molecule has 0 fully saturated rings. The van der Waals surface area contributed by atoms with Crippen LogP contribution in [0.3, 0.4) is 0 Å². The smallest absolute Gasteiger partial charge is 0.273 e. The lowest BCUT2D eigenvalue weighted by Gasteiger charge is -2.18. The molecule has 1 N–H and O–H groups in total. The Labute approximate surface area is 164 Å². The number of sulfonamides is 1. The number of carbonyl (C=O) groups excluding carboxylic acids is 1. The Balaban J connectivity index is 1.75. The molecule has 0 unspecified atom stereocenters. The Morgan fingerprint density at radius 1 is 1.04 bits per heavy atom. The van der Waals surface area contributed by atoms with Crippen LogP contribution in [0.1, 0.15) is 10.4 Å². The summed E-state index contributed by atoms with van der Waals surface area (Å²) in [7, 11) is -2.10. The van der Waals surface area contributed by atoms with E-state index in [2.05, 4.69) is 21.2 Å². The largest absolute Gasteiger partial charge is 0.322 e. The Morgan fingerprint density at radius 3 is 2.27 bits per heavy atom. The van der Waals surface area contributed by atoms with Gasteiger partial charge in [0.05, 0.1) is 5.69 Å². The molecule has 0 saturated heterocycles. The second kappa shape index (κ2) is 7.61. The van der Waals surface area contributed by atoms with Crippen LogP contribution < -0.4 is 9.62 Å². The van der Waals surface area contributed by atoms with Crippen molar-refractivity contribution in [2.45, 2.75) is 4.21 Å². The van der Waals surface area contributed by atoms with Crippen LogP contribution in [0.25, 0.3) is 0 Å². The molecule has 0 aliphatic carbocycles. The average Bonchev–Trinajstić information content (AvgIpc) is 3.18. The standard InChI is InChI=1S/C18H15BrN2O3S2/c1-21(26(23,24)17-3-2-12-25-17)16-10-4-13(5-11-16)18(22)20-15-8-6-14(19)7-9-15/h2-12H,1H3,(H,20,22). The van der Waals surface area contributed by atoms with Crippen molar-refractivity contribution in [2.24, 2.45) is 0 Å². The van der Waals surface area contributed by atoms with E-state index in [1.165, 1.54) is 22.7 Å². The number of nitrogens with zero attached hydrogens (tertiary/aromatic N) is 1. The number of benzene rings is 2. The molecule has 26 heavy (non-hydrogen) atoms. The summed E-state index contributed by atoms with van der Waals surface area (Å²) in [5, 5.41) is 4.52. The van der Waals surface area contributed by atoms with Gasteiger partial charge in [-0.05, 0) is 60.0 Å². The highest BCUT2D eigenvalue weighted by atomic mass is 79.9. The van der Waals surface area contributed by atoms with E-state index < -0.39 is 10.0 Å². The Bertz CT molecular complexity index is 1000. The first-order valence-corrected chi connectivity index (χ1v) is 10.7. The Hall–Kier alpha value is -2.16. The number of carbonyl (C=O) groups is 1. The monoisotopic (exact) mass is 450 g/mol. The first-order chi connectivity index (χ1) is 12.4. The molecule has 1 amide bonds. The molecular formula is C18H15BrN2O3S2. The Kier molecular flexibility index (Phi) is 5.45. The maximum atomic E-state index is 12.5. The van der Waals surface area contributed by atoms with Crippen LogP contribution in [0, 0.1) is 0 Å². The summed E-state index contributed by atoms with van der Waals surface area (Å²) in [6, 6.07) is 16.9. The third kappa shape index (κ3) is 3.98. The highest BCUT2D eigenvalue weighted by Crippen LogP contribution is 2.25. The van der Waals surface area contributed by atoms with Crippen molar-refractivity contribution in [3.8, 4) is 0 Å². The molecule has 8 heteroatoms. The van der Waals surface area contributed by atoms with Crippen LogP contribution in [0.2, 0.25) is 0 Å². The highest BCUT2D eigenvalue weighted by Gasteiger charge is 2.22. The molecule has 1 aromatic heterocycles. The number of amides is 1. The van der Waals surface area contributed by atoms with E-state index in [0.29, 0.717) is 16.9 Å². The molecule has 0 aliphatic rings. The minimum atomic E-state index is -3.59. The minimum absolute atomic E-state index is 0.261. The summed E-state index contributed by atoms with van der Waals surface area (Å²) in [6.07, 6.45) is 0. The molecule has 0 spiro atoms. The normalized spacial score (nSPS) is 11.2. The van der Waals surface area contributed by atoms with E-state index in [1.807, 2.05) is 12.1 Å². The van der Waals surface area contributed by atoms with Gasteiger partial charge in [-0.25, -0.2) is 8.42 Å². The van der Waals surface area contributed by atoms with Gasteiger partial charge in [0.15, 0.2) is 0 Å². The lowest BCUT2D eigenvalue weighted by Crippen LogP contribution is -2.25. The van der Waals surface area contributed by atoms with Gasteiger partial charge in [0.1, 0.15) is 4.21 Å². The van der Waals surface area contributed by atoms with Gasteiger partial charge in [0.25, 0.3) is 15.9 Å². The zero-order valence-corrected chi connectivity index (χ0v) is 16.9. The number of hydrogen-bond donors (Lipinski definition) is 1. The van der Waals surface area contributed by atoms with Crippen molar-refractivity contribution in [3.63, 3.8) is 0 Å². The van der Waals surface area contributed by atoms with Crippen LogP contribution in [0.15, 0.2) is 74.7 Å². The van der Waals surface area contributed by atoms with E-state index >= 15 is 0 Å². The first kappa shape index (κ1) is 18.6. The summed E-state index contributed by atoms with van der Waals surface area (Å²) in [5.41, 5.74) is 1.61. The third-order valence-corrected chi connectivity index (χ3v) is 7.39. The maximum absolute atomic E-state index is 12.5. The summed E-state index contributed by atoms with van der Waals surface area (Å²) >= 11 is 4.51. The van der Waals surface area contributed by atoms with Gasteiger partial charge in [-0.2, -0.15) is 0 Å². The summed E-state index contributed by atoms with van der Waals surface area (Å²) < 4.78 is 27.5. The van der Waals surface area contributed by atoms with Gasteiger partial charge in [-0.3, -0.25) is 9.10 Å². The first-order valence-electron chi connectivity index (χ1n) is 7.57. The topological polar surface area (TPSA) is 66.5 Å². The van der Waals surface area contributed by atoms with Gasteiger partial charge in [-0.1, -0.05) is 22.0 Å². The molecule has 1 heterocycles. The number of nitrogens with one attached hydrogen (secondary N) is 1. The van der Waals surface area contributed by atoms with E-state index in [1.54, 1.807) is 53.9 Å². The molecule has 5 nitrogen and oxygen atoms in total. The molecule has 2 aromatic carbocycles. The molecule has 134 valence electrons. The number of hydrogen-bond acceptors (Lipinski definition) is 4. The van der Waals surface area contributed by atoms with E-state index in [4.69, 9.17) is 0 Å². The molecule has 0 saturated carbocycles. The molecule has 3 aromatic rings. The average molecular weight is 451 g/mol. The number of anilines is 2. The summed E-state index contributed by atoms with van der Waals surface area (Å²) in [5.74, 6) is -0.261. The van der Waals surface area contributed by atoms with Crippen molar-refractivity contribution >= 4 is 54.6 Å². The fourth-order valence-corrected chi connectivity index (χ4v) is 4.86. The summed E-state index contributed by atoms with van der Waals surface area (Å²) in [6.45, 7) is 0. The lowest BCUT2D eigenvalue weighted by atomic mass is 10.2. The van der Waals surface area contributed by atoms with E-state index in [-0.39, 0.29) is 10.1 Å². The molecule has 3 rings (SSSR count). The van der Waals surface area contributed by atoms with Gasteiger partial charge in [0, 0.05) is 22.8 Å². The fourth-order valence-electron chi connectivity index (χ4n) is 2.24. The van der Waals surface area contributed by atoms with Crippen LogP contribution in [0.5, 0.6) is 0 Å². The van der Waals surface area contributed by atoms with Gasteiger partial charge >= 0.3 is 0 Å². The zero-order valence-electron chi connectivity index (χ0n) is 13.7. The van der Waals surface area contributed by atoms with Crippen LogP contribution >= 0.6 is 27.3 Å².